The number of nitrogens with zero attached hydrogens (tertiary/aromatic N) is 2. The predicted molar refractivity (Wildman–Crippen MR) is 79.1 cm³/mol. The van der Waals surface area contributed by atoms with E-state index in [1.165, 1.54) is 16.7 Å². The third-order valence-electron chi connectivity index (χ3n) is 3.10. The minimum absolute atomic E-state index is 0.172. The number of aryl methyl sites for hydroxylation is 2. The molecular formula is C12H17N3O3S2. The second-order valence-corrected chi connectivity index (χ2v) is 6.91. The van der Waals surface area contributed by atoms with Crippen LogP contribution in [0.5, 0.6) is 0 Å². The molecule has 0 spiro atoms. The Labute approximate surface area is 125 Å². The van der Waals surface area contributed by atoms with E-state index >= 15 is 0 Å². The molecule has 1 saturated heterocycles. The number of aromatic nitrogens is 1. The lowest BCUT2D eigenvalue weighted by Crippen LogP contribution is -2.47. The van der Waals surface area contributed by atoms with Crippen LogP contribution in [0.15, 0.2) is 0 Å². The van der Waals surface area contributed by atoms with Gasteiger partial charge in [-0.05, 0) is 20.8 Å². The maximum absolute atomic E-state index is 12.2. The second kappa shape index (κ2) is 6.01. The number of thioether (sulfide) groups is 1. The van der Waals surface area contributed by atoms with E-state index in [0.717, 1.165) is 15.6 Å². The number of carbonyl (C=O) groups excluding carboxylic acids is 1. The van der Waals surface area contributed by atoms with Crippen molar-refractivity contribution in [1.29, 1.82) is 0 Å². The minimum atomic E-state index is -0.956. The van der Waals surface area contributed by atoms with Gasteiger partial charge in [0.05, 0.1) is 22.6 Å². The van der Waals surface area contributed by atoms with Crippen molar-refractivity contribution in [3.63, 3.8) is 0 Å². The number of carbonyl (C=O) groups is 2. The van der Waals surface area contributed by atoms with Gasteiger partial charge in [0.15, 0.2) is 0 Å². The molecule has 1 aromatic heterocycles. The van der Waals surface area contributed by atoms with Crippen LogP contribution in [0.3, 0.4) is 0 Å². The summed E-state index contributed by atoms with van der Waals surface area (Å²) in [6, 6.07) is -1.24. The molecule has 0 aliphatic carbocycles. The van der Waals surface area contributed by atoms with Gasteiger partial charge >= 0.3 is 12.0 Å². The highest BCUT2D eigenvalue weighted by atomic mass is 32.2. The largest absolute Gasteiger partial charge is 0.480 e. The van der Waals surface area contributed by atoms with Crippen LogP contribution in [0.4, 0.5) is 4.79 Å². The first kappa shape index (κ1) is 15.1. The van der Waals surface area contributed by atoms with E-state index in [1.807, 2.05) is 20.8 Å². The summed E-state index contributed by atoms with van der Waals surface area (Å²) in [5.41, 5.74) is 0.908. The summed E-state index contributed by atoms with van der Waals surface area (Å²) in [4.78, 5) is 30.0. The average Bonchev–Trinajstić information content (AvgIpc) is 2.95. The number of hydrogen-bond acceptors (Lipinski definition) is 5. The molecule has 2 amide bonds. The summed E-state index contributed by atoms with van der Waals surface area (Å²) in [5, 5.41) is 12.9. The molecule has 1 aliphatic rings. The van der Waals surface area contributed by atoms with Crippen LogP contribution in [0.25, 0.3) is 0 Å². The van der Waals surface area contributed by atoms with Crippen molar-refractivity contribution in [3.05, 3.63) is 15.6 Å². The van der Waals surface area contributed by atoms with E-state index in [-0.39, 0.29) is 12.1 Å². The normalized spacial score (nSPS) is 19.9. The zero-order valence-electron chi connectivity index (χ0n) is 11.5. The zero-order valence-corrected chi connectivity index (χ0v) is 13.2. The lowest BCUT2D eigenvalue weighted by Gasteiger charge is -2.23. The number of hydrogen-bond donors (Lipinski definition) is 2. The molecule has 6 nitrogen and oxygen atoms in total. The molecule has 0 aromatic carbocycles. The van der Waals surface area contributed by atoms with Gasteiger partial charge < -0.3 is 15.3 Å². The van der Waals surface area contributed by atoms with E-state index in [2.05, 4.69) is 10.3 Å². The van der Waals surface area contributed by atoms with Crippen LogP contribution in [0.2, 0.25) is 0 Å². The fourth-order valence-electron chi connectivity index (χ4n) is 2.13. The maximum atomic E-state index is 12.2. The van der Waals surface area contributed by atoms with Crippen molar-refractivity contribution < 1.29 is 14.7 Å². The number of urea groups is 1. The monoisotopic (exact) mass is 315 g/mol. The van der Waals surface area contributed by atoms with E-state index in [0.29, 0.717) is 11.6 Å². The van der Waals surface area contributed by atoms with E-state index < -0.39 is 12.0 Å². The van der Waals surface area contributed by atoms with Gasteiger partial charge in [-0.1, -0.05) is 0 Å². The van der Waals surface area contributed by atoms with Gasteiger partial charge in [-0.3, -0.25) is 0 Å². The molecule has 0 radical (unpaired) electrons. The molecule has 2 heterocycles. The van der Waals surface area contributed by atoms with Gasteiger partial charge in [-0.25, -0.2) is 14.6 Å². The zero-order chi connectivity index (χ0) is 14.9. The lowest BCUT2D eigenvalue weighted by molar-refractivity contribution is -0.140. The van der Waals surface area contributed by atoms with Gasteiger partial charge in [0.1, 0.15) is 6.04 Å². The number of amides is 2. The molecule has 0 bridgehead atoms. The van der Waals surface area contributed by atoms with Crippen LogP contribution >= 0.6 is 23.1 Å². The number of aliphatic carboxylic acids is 1. The first-order valence-electron chi connectivity index (χ1n) is 6.21. The van der Waals surface area contributed by atoms with Crippen LogP contribution in [0.1, 0.15) is 28.5 Å². The van der Waals surface area contributed by atoms with Crippen molar-refractivity contribution >= 4 is 35.1 Å². The Morgan fingerprint density at radius 2 is 2.20 bits per heavy atom. The molecular weight excluding hydrogens is 298 g/mol. The quantitative estimate of drug-likeness (QED) is 0.891. The number of rotatable bonds is 3. The first-order valence-corrected chi connectivity index (χ1v) is 8.19. The number of carboxylic acid groups (broad SMARTS) is 1. The van der Waals surface area contributed by atoms with Gasteiger partial charge in [0.2, 0.25) is 0 Å². The molecule has 110 valence electrons. The average molecular weight is 315 g/mol. The molecule has 2 atom stereocenters. The van der Waals surface area contributed by atoms with Crippen LogP contribution in [-0.4, -0.2) is 44.7 Å². The molecule has 20 heavy (non-hydrogen) atoms. The van der Waals surface area contributed by atoms with Crippen LogP contribution in [0, 0.1) is 13.8 Å². The standard InChI is InChI=1S/C12H17N3O3S2/c1-6-10(20-8(3)13-6)7(2)14-12(18)15-5-19-4-9(15)11(16)17/h7,9H,4-5H2,1-3H3,(H,14,18)(H,16,17). The molecule has 1 aromatic rings. The highest BCUT2D eigenvalue weighted by Gasteiger charge is 2.35. The summed E-state index contributed by atoms with van der Waals surface area (Å²) in [6.45, 7) is 5.72. The SMILES string of the molecule is Cc1nc(C)c(C(C)NC(=O)N2CSCC2C(=O)O)s1. The number of thiazole rings is 1. The van der Waals surface area contributed by atoms with E-state index in [4.69, 9.17) is 5.11 Å². The third kappa shape index (κ3) is 3.06. The fourth-order valence-corrected chi connectivity index (χ4v) is 4.20. The van der Waals surface area contributed by atoms with Crippen molar-refractivity contribution in [3.8, 4) is 0 Å². The molecule has 1 fully saturated rings. The van der Waals surface area contributed by atoms with Gasteiger partial charge in [-0.2, -0.15) is 0 Å². The van der Waals surface area contributed by atoms with E-state index in [9.17, 15) is 9.59 Å². The Balaban J connectivity index is 2.04. The Morgan fingerprint density at radius 1 is 1.50 bits per heavy atom. The molecule has 0 saturated carbocycles. The smallest absolute Gasteiger partial charge is 0.327 e. The topological polar surface area (TPSA) is 82.5 Å². The van der Waals surface area contributed by atoms with Crippen molar-refractivity contribution in [2.45, 2.75) is 32.9 Å². The lowest BCUT2D eigenvalue weighted by atomic mass is 10.2. The first-order chi connectivity index (χ1) is 9.40. The summed E-state index contributed by atoms with van der Waals surface area (Å²) in [7, 11) is 0. The molecule has 2 N–H and O–H groups in total. The molecule has 8 heteroatoms. The Hall–Kier alpha value is -1.28. The number of carboxylic acids is 1. The Morgan fingerprint density at radius 3 is 2.75 bits per heavy atom. The highest BCUT2D eigenvalue weighted by molar-refractivity contribution is 7.99. The van der Waals surface area contributed by atoms with Gasteiger partial charge in [-0.15, -0.1) is 23.1 Å². The molecule has 2 rings (SSSR count). The van der Waals surface area contributed by atoms with Crippen molar-refractivity contribution in [2.24, 2.45) is 0 Å². The maximum Gasteiger partial charge on any atom is 0.327 e. The molecule has 1 aliphatic heterocycles. The Kier molecular flexibility index (Phi) is 4.54. The van der Waals surface area contributed by atoms with Gasteiger partial charge in [0.25, 0.3) is 0 Å². The molecule has 2 unspecified atom stereocenters. The minimum Gasteiger partial charge on any atom is -0.480 e. The highest BCUT2D eigenvalue weighted by Crippen LogP contribution is 2.26. The predicted octanol–water partition coefficient (Wildman–Crippen LogP) is 1.99. The fraction of sp³-hybridized carbons (Fsp3) is 0.583. The third-order valence-corrected chi connectivity index (χ3v) is 5.37. The van der Waals surface area contributed by atoms with Crippen molar-refractivity contribution in [2.75, 3.05) is 11.6 Å². The van der Waals surface area contributed by atoms with Crippen LogP contribution < -0.4 is 5.32 Å². The van der Waals surface area contributed by atoms with Gasteiger partial charge in [0, 0.05) is 10.6 Å². The summed E-state index contributed by atoms with van der Waals surface area (Å²) in [5.74, 6) is -0.103. The second-order valence-electron chi connectivity index (χ2n) is 4.68. The number of nitrogens with one attached hydrogen (secondary N) is 1. The van der Waals surface area contributed by atoms with Crippen LogP contribution in [-0.2, 0) is 4.79 Å². The van der Waals surface area contributed by atoms with E-state index in [1.54, 1.807) is 11.3 Å². The summed E-state index contributed by atoms with van der Waals surface area (Å²) >= 11 is 3.00. The summed E-state index contributed by atoms with van der Waals surface area (Å²) < 4.78 is 0. The van der Waals surface area contributed by atoms with Crippen molar-refractivity contribution in [1.82, 2.24) is 15.2 Å². The summed E-state index contributed by atoms with van der Waals surface area (Å²) in [6.07, 6.45) is 0. The Bertz CT molecular complexity index is 532.